The number of H-pyrrole nitrogens is 2. The number of rotatable bonds is 12. The monoisotopic (exact) mass is 1150 g/mol. The van der Waals surface area contributed by atoms with Crippen LogP contribution in [0, 0.1) is 0 Å². The minimum atomic E-state index is -0.275. The molecule has 10 heterocycles. The van der Waals surface area contributed by atoms with Crippen LogP contribution in [-0.2, 0) is 0 Å². The molecule has 2 amide bonds. The van der Waals surface area contributed by atoms with Gasteiger partial charge in [0.05, 0.1) is 47.7 Å². The van der Waals surface area contributed by atoms with Gasteiger partial charge in [-0.3, -0.25) is 9.59 Å². The molecule has 0 bridgehead atoms. The summed E-state index contributed by atoms with van der Waals surface area (Å²) < 4.78 is 14.9. The van der Waals surface area contributed by atoms with E-state index in [1.54, 1.807) is 48.1 Å². The SMILES string of the molecule is COc1cc(-c2nn(-c3ccnc(N4CCN(C)CC4)c3)c3ncnc(N)c23)ccc1NC(=O)c1cc2ccccc2[nH]1.COc1cc(-c2nn(-c3ccnc(N4CCN(C)CC4)c3)c3ncnc(N)c23)ccc1NC(=O)c1cc2ccccc2[nH]1. The Morgan fingerprint density at radius 1 is 0.500 bits per heavy atom. The number of piperazine rings is 2. The molecule has 2 aliphatic rings. The van der Waals surface area contributed by atoms with Crippen LogP contribution in [0.2, 0.25) is 0 Å². The molecule has 0 aliphatic carbocycles. The van der Waals surface area contributed by atoms with E-state index in [0.29, 0.717) is 79.4 Å². The van der Waals surface area contributed by atoms with Gasteiger partial charge in [-0.25, -0.2) is 39.3 Å². The lowest BCUT2D eigenvalue weighted by Crippen LogP contribution is -2.44. The number of carbonyl (C=O) groups excluding carboxylic acids is 2. The number of ether oxygens (including phenoxy) is 2. The summed E-state index contributed by atoms with van der Waals surface area (Å²) in [5, 5.41) is 19.0. The fourth-order valence-corrected chi connectivity index (χ4v) is 10.9. The van der Waals surface area contributed by atoms with Crippen molar-refractivity contribution >= 4 is 90.3 Å². The number of carbonyl (C=O) groups is 2. The number of hydrogen-bond donors (Lipinski definition) is 6. The standard InChI is InChI=1S/2C31H30N10O2/c2*1-39-11-13-40(14-12-39)26-17-21(9-10-33-26)41-30-27(29(32)34-18-35-30)28(38-41)20-7-8-23(25(16-20)43-2)37-31(42)24-15-19-5-3-4-6-22(19)36-24/h2*3-10,15-18,36H,11-14H2,1-2H3,(H,37,42)(H2,32,34,35). The van der Waals surface area contributed by atoms with Crippen LogP contribution in [-0.4, -0.2) is 162 Å². The number of amides is 2. The third kappa shape index (κ3) is 10.6. The summed E-state index contributed by atoms with van der Waals surface area (Å²) in [7, 11) is 7.37. The number of pyridine rings is 2. The van der Waals surface area contributed by atoms with Crippen molar-refractivity contribution < 1.29 is 19.1 Å². The van der Waals surface area contributed by atoms with Crippen LogP contribution in [0.1, 0.15) is 21.0 Å². The molecular formula is C62H60N20O4. The molecule has 12 aromatic rings. The summed E-state index contributed by atoms with van der Waals surface area (Å²) in [4.78, 5) is 68.5. The summed E-state index contributed by atoms with van der Waals surface area (Å²) in [5.74, 6) is 2.79. The first kappa shape index (κ1) is 54.3. The molecule has 2 saturated heterocycles. The minimum Gasteiger partial charge on any atom is -0.495 e. The Bertz CT molecular complexity index is 4160. The predicted molar refractivity (Wildman–Crippen MR) is 334 cm³/mol. The van der Waals surface area contributed by atoms with Gasteiger partial charge in [-0.1, -0.05) is 48.5 Å². The molecule has 0 atom stereocenters. The summed E-state index contributed by atoms with van der Waals surface area (Å²) in [5.41, 5.74) is 21.9. The zero-order valence-corrected chi connectivity index (χ0v) is 47.6. The number of nitrogen functional groups attached to an aromatic ring is 2. The highest BCUT2D eigenvalue weighted by Crippen LogP contribution is 2.39. The number of methoxy groups -OCH3 is 2. The summed E-state index contributed by atoms with van der Waals surface area (Å²) in [6, 6.07) is 37.9. The van der Waals surface area contributed by atoms with E-state index >= 15 is 0 Å². The Labute approximate surface area is 492 Å². The van der Waals surface area contributed by atoms with Crippen molar-refractivity contribution in [2.75, 3.05) is 113 Å². The largest absolute Gasteiger partial charge is 0.495 e. The van der Waals surface area contributed by atoms with Crippen molar-refractivity contribution in [1.82, 2.24) is 69.2 Å². The number of nitrogens with one attached hydrogen (secondary N) is 4. The Kier molecular flexibility index (Phi) is 14.5. The second kappa shape index (κ2) is 23.0. The van der Waals surface area contributed by atoms with E-state index in [1.165, 1.54) is 12.7 Å². The van der Waals surface area contributed by atoms with Gasteiger partial charge in [-0.2, -0.15) is 10.2 Å². The molecule has 2 fully saturated rings. The van der Waals surface area contributed by atoms with E-state index in [4.69, 9.17) is 31.1 Å². The van der Waals surface area contributed by atoms with E-state index in [1.807, 2.05) is 109 Å². The molecule has 8 aromatic heterocycles. The maximum Gasteiger partial charge on any atom is 0.272 e. The van der Waals surface area contributed by atoms with Crippen molar-refractivity contribution in [2.45, 2.75) is 0 Å². The molecule has 24 heteroatoms. The summed E-state index contributed by atoms with van der Waals surface area (Å²) in [6.45, 7) is 7.50. The molecule has 432 valence electrons. The Hall–Kier alpha value is -11.0. The molecule has 0 unspecified atom stereocenters. The molecule has 0 radical (unpaired) electrons. The maximum absolute atomic E-state index is 13.1. The third-order valence-corrected chi connectivity index (χ3v) is 15.6. The highest BCUT2D eigenvalue weighted by molar-refractivity contribution is 6.08. The molecule has 0 spiro atoms. The Balaban J connectivity index is 0.000000160. The number of benzene rings is 4. The molecule has 4 aromatic carbocycles. The average molecular weight is 1150 g/mol. The molecule has 0 saturated carbocycles. The zero-order chi connectivity index (χ0) is 59.0. The number of anilines is 6. The van der Waals surface area contributed by atoms with Gasteiger partial charge in [0, 0.05) is 110 Å². The van der Waals surface area contributed by atoms with Gasteiger partial charge >= 0.3 is 0 Å². The first-order valence-electron chi connectivity index (χ1n) is 27.9. The number of hydrogen-bond acceptors (Lipinski definition) is 18. The molecular weight excluding hydrogens is 1090 g/mol. The van der Waals surface area contributed by atoms with Crippen LogP contribution in [0.5, 0.6) is 11.5 Å². The van der Waals surface area contributed by atoms with Crippen LogP contribution in [0.25, 0.3) is 77.8 Å². The highest BCUT2D eigenvalue weighted by Gasteiger charge is 2.25. The third-order valence-electron chi connectivity index (χ3n) is 15.6. The second-order valence-electron chi connectivity index (χ2n) is 21.0. The Morgan fingerprint density at radius 2 is 0.919 bits per heavy atom. The van der Waals surface area contributed by atoms with Gasteiger partial charge in [0.1, 0.15) is 70.2 Å². The van der Waals surface area contributed by atoms with Crippen LogP contribution >= 0.6 is 0 Å². The number of aromatic amines is 2. The van der Waals surface area contributed by atoms with Gasteiger partial charge in [-0.05, 0) is 74.8 Å². The van der Waals surface area contributed by atoms with Crippen molar-refractivity contribution in [1.29, 1.82) is 0 Å². The van der Waals surface area contributed by atoms with Crippen molar-refractivity contribution in [2.24, 2.45) is 0 Å². The van der Waals surface area contributed by atoms with Gasteiger partial charge < -0.3 is 61.1 Å². The van der Waals surface area contributed by atoms with Crippen LogP contribution in [0.3, 0.4) is 0 Å². The lowest BCUT2D eigenvalue weighted by molar-refractivity contribution is 0.101. The van der Waals surface area contributed by atoms with Gasteiger partial charge in [0.15, 0.2) is 11.3 Å². The van der Waals surface area contributed by atoms with Gasteiger partial charge in [0.2, 0.25) is 0 Å². The number of nitrogens with two attached hydrogens (primary N) is 2. The van der Waals surface area contributed by atoms with Crippen molar-refractivity contribution in [3.05, 3.63) is 158 Å². The molecule has 8 N–H and O–H groups in total. The number of aromatic nitrogens is 12. The Morgan fingerprint density at radius 3 is 1.33 bits per heavy atom. The first-order chi connectivity index (χ1) is 42.0. The van der Waals surface area contributed by atoms with Gasteiger partial charge in [-0.15, -0.1) is 0 Å². The summed E-state index contributed by atoms with van der Waals surface area (Å²) >= 11 is 0. The topological polar surface area (TPSA) is 286 Å². The van der Waals surface area contributed by atoms with E-state index in [-0.39, 0.29) is 11.8 Å². The van der Waals surface area contributed by atoms with Crippen LogP contribution in [0.15, 0.2) is 146 Å². The maximum atomic E-state index is 13.1. The van der Waals surface area contributed by atoms with Crippen molar-refractivity contribution in [3.63, 3.8) is 0 Å². The number of para-hydroxylation sites is 2. The van der Waals surface area contributed by atoms with E-state index in [2.05, 4.69) is 84.2 Å². The fourth-order valence-electron chi connectivity index (χ4n) is 10.9. The number of likely N-dealkylation sites (N-methyl/N-ethyl adjacent to an activating group) is 2. The van der Waals surface area contributed by atoms with E-state index < -0.39 is 0 Å². The molecule has 14 rings (SSSR count). The smallest absolute Gasteiger partial charge is 0.272 e. The van der Waals surface area contributed by atoms with Crippen molar-refractivity contribution in [3.8, 4) is 45.4 Å². The average Bonchev–Trinajstić information content (AvgIpc) is 2.09. The summed E-state index contributed by atoms with van der Waals surface area (Å²) in [6.07, 6.45) is 6.44. The van der Waals surface area contributed by atoms with Crippen LogP contribution in [0.4, 0.5) is 34.6 Å². The molecule has 2 aliphatic heterocycles. The van der Waals surface area contributed by atoms with Gasteiger partial charge in [0.25, 0.3) is 11.8 Å². The predicted octanol–water partition coefficient (Wildman–Crippen LogP) is 7.91. The number of nitrogens with zero attached hydrogens (tertiary/aromatic N) is 14. The second-order valence-corrected chi connectivity index (χ2v) is 21.0. The molecule has 86 heavy (non-hydrogen) atoms. The minimum absolute atomic E-state index is 0.275. The quantitative estimate of drug-likeness (QED) is 0.0677. The lowest BCUT2D eigenvalue weighted by Gasteiger charge is -2.33. The first-order valence-corrected chi connectivity index (χ1v) is 27.9. The molecule has 24 nitrogen and oxygen atoms in total. The number of fused-ring (bicyclic) bond motifs is 4. The highest BCUT2D eigenvalue weighted by atomic mass is 16.5. The zero-order valence-electron chi connectivity index (χ0n) is 47.6. The van der Waals surface area contributed by atoms with E-state index in [9.17, 15) is 9.59 Å². The van der Waals surface area contributed by atoms with Crippen LogP contribution < -0.4 is 41.4 Å². The van der Waals surface area contributed by atoms with E-state index in [0.717, 1.165) is 108 Å². The normalized spacial score (nSPS) is 14.0. The fraction of sp³-hybridized carbons (Fsp3) is 0.194. The lowest BCUT2D eigenvalue weighted by atomic mass is 10.1.